The minimum absolute atomic E-state index is 0.113. The van der Waals surface area contributed by atoms with Crippen molar-refractivity contribution >= 4 is 8.32 Å². The van der Waals surface area contributed by atoms with Crippen molar-refractivity contribution in [3.63, 3.8) is 0 Å². The van der Waals surface area contributed by atoms with Crippen LogP contribution in [0.2, 0.25) is 18.1 Å². The van der Waals surface area contributed by atoms with E-state index in [-0.39, 0.29) is 11.1 Å². The van der Waals surface area contributed by atoms with Crippen LogP contribution < -0.4 is 4.74 Å². The number of methoxy groups -OCH3 is 1. The summed E-state index contributed by atoms with van der Waals surface area (Å²) in [6.45, 7) is 11.7. The molecule has 1 unspecified atom stereocenters. The summed E-state index contributed by atoms with van der Waals surface area (Å²) < 4.78 is 29.2. The van der Waals surface area contributed by atoms with Crippen molar-refractivity contribution in [3.05, 3.63) is 29.8 Å². The Labute approximate surface area is 162 Å². The van der Waals surface area contributed by atoms with Crippen LogP contribution in [0.4, 0.5) is 0 Å². The molecule has 27 heavy (non-hydrogen) atoms. The molecule has 0 aliphatic carbocycles. The Bertz CT molecular complexity index is 626. The summed E-state index contributed by atoms with van der Waals surface area (Å²) in [5.41, 5.74) is 0.891. The van der Waals surface area contributed by atoms with Crippen LogP contribution in [-0.4, -0.2) is 58.2 Å². The van der Waals surface area contributed by atoms with Gasteiger partial charge in [0.05, 0.1) is 20.3 Å². The number of ether oxygens (including phenoxy) is 4. The summed E-state index contributed by atoms with van der Waals surface area (Å²) in [5, 5.41) is 10.9. The molecule has 5 atom stereocenters. The van der Waals surface area contributed by atoms with Gasteiger partial charge in [-0.25, -0.2) is 0 Å². The third-order valence-corrected chi connectivity index (χ3v) is 10.4. The molecule has 2 heterocycles. The number of hydrogen-bond donors (Lipinski definition) is 1. The van der Waals surface area contributed by atoms with E-state index in [1.165, 1.54) is 0 Å². The minimum Gasteiger partial charge on any atom is -0.497 e. The van der Waals surface area contributed by atoms with Crippen LogP contribution in [0.15, 0.2) is 24.3 Å². The van der Waals surface area contributed by atoms with Crippen LogP contribution in [0.5, 0.6) is 5.75 Å². The highest BCUT2D eigenvalue weighted by atomic mass is 28.4. The zero-order chi connectivity index (χ0) is 19.8. The van der Waals surface area contributed by atoms with E-state index in [9.17, 15) is 5.11 Å². The second kappa shape index (κ2) is 7.81. The zero-order valence-corrected chi connectivity index (χ0v) is 18.1. The third-order valence-electron chi connectivity index (χ3n) is 5.93. The molecule has 152 valence electrons. The van der Waals surface area contributed by atoms with Crippen LogP contribution in [0.25, 0.3) is 0 Å². The number of aliphatic hydroxyl groups excluding tert-OH is 1. The molecule has 1 aromatic rings. The van der Waals surface area contributed by atoms with Gasteiger partial charge in [0.2, 0.25) is 0 Å². The predicted molar refractivity (Wildman–Crippen MR) is 104 cm³/mol. The number of aliphatic hydroxyl groups is 1. The maximum atomic E-state index is 10.7. The minimum atomic E-state index is -1.90. The van der Waals surface area contributed by atoms with Gasteiger partial charge in [0, 0.05) is 5.56 Å². The van der Waals surface area contributed by atoms with Crippen LogP contribution in [0, 0.1) is 0 Å². The molecule has 0 saturated carbocycles. The Morgan fingerprint density at radius 3 is 2.41 bits per heavy atom. The summed E-state index contributed by atoms with van der Waals surface area (Å²) in [7, 11) is -0.271. The van der Waals surface area contributed by atoms with E-state index < -0.39 is 32.9 Å². The average molecular weight is 397 g/mol. The lowest BCUT2D eigenvalue weighted by atomic mass is 10.1. The van der Waals surface area contributed by atoms with E-state index in [0.29, 0.717) is 13.2 Å². The van der Waals surface area contributed by atoms with Crippen LogP contribution in [0.3, 0.4) is 0 Å². The van der Waals surface area contributed by atoms with Crippen molar-refractivity contribution in [2.24, 2.45) is 0 Å². The maximum absolute atomic E-state index is 10.7. The van der Waals surface area contributed by atoms with E-state index >= 15 is 0 Å². The molecule has 0 bridgehead atoms. The quantitative estimate of drug-likeness (QED) is 0.771. The van der Waals surface area contributed by atoms with Gasteiger partial charge in [-0.2, -0.15) is 0 Å². The zero-order valence-electron chi connectivity index (χ0n) is 17.1. The van der Waals surface area contributed by atoms with Gasteiger partial charge in [0.25, 0.3) is 0 Å². The molecular formula is C20H32O6Si. The molecule has 3 rings (SSSR count). The molecule has 2 aliphatic heterocycles. The van der Waals surface area contributed by atoms with Crippen molar-refractivity contribution in [3.8, 4) is 5.75 Å². The molecule has 2 fully saturated rings. The molecule has 1 aromatic carbocycles. The van der Waals surface area contributed by atoms with E-state index in [1.807, 2.05) is 24.3 Å². The number of rotatable bonds is 5. The summed E-state index contributed by atoms with van der Waals surface area (Å²) in [6.07, 6.45) is -2.34. The molecule has 0 radical (unpaired) electrons. The molecular weight excluding hydrogens is 364 g/mol. The first-order chi connectivity index (χ1) is 12.6. The molecule has 0 aromatic heterocycles. The van der Waals surface area contributed by atoms with E-state index in [1.54, 1.807) is 7.11 Å². The van der Waals surface area contributed by atoms with Crippen molar-refractivity contribution < 1.29 is 28.5 Å². The standard InChI is InChI=1S/C20H32O6Si/c1-20(2,3)27(5,6)24-12-15-17(21)18-16(25-15)11-23-19(26-18)13-7-9-14(22-4)10-8-13/h7-10,15-19,21H,11-12H2,1-6H3/t15-,16+,17-,18-,19?/m1/s1. The molecule has 2 saturated heterocycles. The number of benzene rings is 1. The van der Waals surface area contributed by atoms with Gasteiger partial charge >= 0.3 is 0 Å². The van der Waals surface area contributed by atoms with Crippen molar-refractivity contribution in [1.82, 2.24) is 0 Å². The fraction of sp³-hybridized carbons (Fsp3) is 0.700. The highest BCUT2D eigenvalue weighted by molar-refractivity contribution is 6.74. The Morgan fingerprint density at radius 1 is 1.15 bits per heavy atom. The molecule has 6 nitrogen and oxygen atoms in total. The highest BCUT2D eigenvalue weighted by Gasteiger charge is 2.49. The van der Waals surface area contributed by atoms with Gasteiger partial charge in [-0.1, -0.05) is 32.9 Å². The van der Waals surface area contributed by atoms with Crippen molar-refractivity contribution in [1.29, 1.82) is 0 Å². The molecule has 7 heteroatoms. The normalized spacial score (nSPS) is 31.6. The molecule has 2 aliphatic rings. The summed E-state index contributed by atoms with van der Waals surface area (Å²) in [6, 6.07) is 7.55. The second-order valence-electron chi connectivity index (χ2n) is 8.81. The average Bonchev–Trinajstić information content (AvgIpc) is 2.95. The Balaban J connectivity index is 1.61. The van der Waals surface area contributed by atoms with Gasteiger partial charge in [0.15, 0.2) is 14.6 Å². The summed E-state index contributed by atoms with van der Waals surface area (Å²) in [5.74, 6) is 0.777. The lowest BCUT2D eigenvalue weighted by Gasteiger charge is -2.37. The summed E-state index contributed by atoms with van der Waals surface area (Å²) >= 11 is 0. The summed E-state index contributed by atoms with van der Waals surface area (Å²) in [4.78, 5) is 0. The van der Waals surface area contributed by atoms with E-state index in [4.69, 9.17) is 23.4 Å². The fourth-order valence-corrected chi connectivity index (χ4v) is 4.08. The largest absolute Gasteiger partial charge is 0.497 e. The Morgan fingerprint density at radius 2 is 1.81 bits per heavy atom. The van der Waals surface area contributed by atoms with Crippen molar-refractivity contribution in [2.75, 3.05) is 20.3 Å². The van der Waals surface area contributed by atoms with Gasteiger partial charge in [-0.3, -0.25) is 0 Å². The van der Waals surface area contributed by atoms with Gasteiger partial charge < -0.3 is 28.5 Å². The first kappa shape index (κ1) is 20.8. The maximum Gasteiger partial charge on any atom is 0.192 e. The molecule has 0 spiro atoms. The lowest BCUT2D eigenvalue weighted by molar-refractivity contribution is -0.252. The Kier molecular flexibility index (Phi) is 6.01. The fourth-order valence-electron chi connectivity index (χ4n) is 3.06. The van der Waals surface area contributed by atoms with Crippen LogP contribution in [-0.2, 0) is 18.6 Å². The lowest BCUT2D eigenvalue weighted by Crippen LogP contribution is -2.45. The van der Waals surface area contributed by atoms with Gasteiger partial charge in [0.1, 0.15) is 30.2 Å². The number of hydrogen-bond acceptors (Lipinski definition) is 6. The van der Waals surface area contributed by atoms with Crippen molar-refractivity contribution in [2.45, 2.75) is 69.6 Å². The van der Waals surface area contributed by atoms with E-state index in [2.05, 4.69) is 33.9 Å². The van der Waals surface area contributed by atoms with Gasteiger partial charge in [-0.15, -0.1) is 0 Å². The molecule has 1 N–H and O–H groups in total. The predicted octanol–water partition coefficient (Wildman–Crippen LogP) is 3.26. The third kappa shape index (κ3) is 4.39. The number of fused-ring (bicyclic) bond motifs is 1. The first-order valence-electron chi connectivity index (χ1n) is 9.51. The highest BCUT2D eigenvalue weighted by Crippen LogP contribution is 2.39. The SMILES string of the molecule is COc1ccc(C2OC[C@@H]3O[C@H](CO[Si](C)(C)C(C)(C)C)[C@@H](O)[C@@H]3O2)cc1. The topological polar surface area (TPSA) is 66.4 Å². The van der Waals surface area contributed by atoms with Crippen LogP contribution >= 0.6 is 0 Å². The Hall–Kier alpha value is -0.963. The van der Waals surface area contributed by atoms with E-state index in [0.717, 1.165) is 11.3 Å². The molecule has 0 amide bonds. The first-order valence-corrected chi connectivity index (χ1v) is 12.4. The second-order valence-corrected chi connectivity index (χ2v) is 13.6. The smallest absolute Gasteiger partial charge is 0.192 e. The monoisotopic (exact) mass is 396 g/mol. The van der Waals surface area contributed by atoms with Crippen LogP contribution in [0.1, 0.15) is 32.6 Å². The van der Waals surface area contributed by atoms with Gasteiger partial charge in [-0.05, 0) is 30.3 Å².